The first-order valence-electron chi connectivity index (χ1n) is 6.01. The van der Waals surface area contributed by atoms with Crippen molar-refractivity contribution in [2.24, 2.45) is 0 Å². The van der Waals surface area contributed by atoms with Gasteiger partial charge >= 0.3 is 11.9 Å². The van der Waals surface area contributed by atoms with Gasteiger partial charge in [-0.2, -0.15) is 0 Å². The van der Waals surface area contributed by atoms with Crippen LogP contribution < -0.4 is 0 Å². The Morgan fingerprint density at radius 1 is 1.44 bits per heavy atom. The molecule has 2 atom stereocenters. The number of esters is 2. The molecule has 0 heterocycles. The highest BCUT2D eigenvalue weighted by molar-refractivity contribution is 5.94. The second-order valence-electron chi connectivity index (χ2n) is 4.31. The first kappa shape index (κ1) is 14.6. The molecule has 6 nitrogen and oxygen atoms in total. The first-order valence-corrected chi connectivity index (χ1v) is 6.01. The number of aliphatic hydroxyl groups is 1. The lowest BCUT2D eigenvalue weighted by molar-refractivity contribution is -0.189. The third-order valence-corrected chi connectivity index (χ3v) is 2.87. The monoisotopic (exact) mass is 258 g/mol. The van der Waals surface area contributed by atoms with E-state index in [-0.39, 0.29) is 19.4 Å². The lowest BCUT2D eigenvalue weighted by atomic mass is 9.91. The zero-order valence-electron chi connectivity index (χ0n) is 10.6. The van der Waals surface area contributed by atoms with Gasteiger partial charge in [-0.1, -0.05) is 0 Å². The van der Waals surface area contributed by atoms with E-state index in [1.165, 1.54) is 0 Å². The fourth-order valence-electron chi connectivity index (χ4n) is 2.02. The average Bonchev–Trinajstić information content (AvgIpc) is 2.43. The topological polar surface area (TPSA) is 89.9 Å². The molecule has 1 rings (SSSR count). The molecule has 1 saturated carbocycles. The van der Waals surface area contributed by atoms with E-state index in [4.69, 9.17) is 9.47 Å². The highest BCUT2D eigenvalue weighted by Gasteiger charge is 2.51. The van der Waals surface area contributed by atoms with Crippen molar-refractivity contribution >= 4 is 17.7 Å². The number of ether oxygens (including phenoxy) is 2. The highest BCUT2D eigenvalue weighted by Crippen LogP contribution is 2.29. The van der Waals surface area contributed by atoms with Crippen LogP contribution in [0.2, 0.25) is 0 Å². The van der Waals surface area contributed by atoms with Crippen LogP contribution >= 0.6 is 0 Å². The van der Waals surface area contributed by atoms with E-state index in [1.54, 1.807) is 6.92 Å². The van der Waals surface area contributed by atoms with Crippen LogP contribution in [0.5, 0.6) is 0 Å². The lowest BCUT2D eigenvalue weighted by Crippen LogP contribution is -2.54. The maximum absolute atomic E-state index is 11.8. The predicted molar refractivity (Wildman–Crippen MR) is 60.6 cm³/mol. The summed E-state index contributed by atoms with van der Waals surface area (Å²) in [5, 5.41) is 10.4. The van der Waals surface area contributed by atoms with Crippen LogP contribution in [0.3, 0.4) is 0 Å². The van der Waals surface area contributed by atoms with Gasteiger partial charge in [0.25, 0.3) is 0 Å². The van der Waals surface area contributed by atoms with Gasteiger partial charge in [-0.05, 0) is 26.2 Å². The van der Waals surface area contributed by atoms with Gasteiger partial charge in [0.15, 0.2) is 11.9 Å². The highest BCUT2D eigenvalue weighted by atomic mass is 16.6. The molecule has 0 spiro atoms. The molecule has 18 heavy (non-hydrogen) atoms. The zero-order valence-corrected chi connectivity index (χ0v) is 10.6. The van der Waals surface area contributed by atoms with Crippen LogP contribution in [0.4, 0.5) is 0 Å². The lowest BCUT2D eigenvalue weighted by Gasteiger charge is -2.30. The van der Waals surface area contributed by atoms with Crippen LogP contribution in [-0.4, -0.2) is 41.1 Å². The summed E-state index contributed by atoms with van der Waals surface area (Å²) in [6.45, 7) is 2.81. The smallest absolute Gasteiger partial charge is 0.342 e. The minimum atomic E-state index is -2.06. The van der Waals surface area contributed by atoms with Crippen molar-refractivity contribution in [3.05, 3.63) is 0 Å². The summed E-state index contributed by atoms with van der Waals surface area (Å²) in [7, 11) is 0. The van der Waals surface area contributed by atoms with E-state index >= 15 is 0 Å². The van der Waals surface area contributed by atoms with Crippen molar-refractivity contribution in [1.82, 2.24) is 0 Å². The Morgan fingerprint density at radius 3 is 2.67 bits per heavy atom. The summed E-state index contributed by atoms with van der Waals surface area (Å²) in [4.78, 5) is 34.6. The van der Waals surface area contributed by atoms with Gasteiger partial charge in [-0.25, -0.2) is 4.79 Å². The second kappa shape index (κ2) is 5.95. The van der Waals surface area contributed by atoms with E-state index in [1.807, 2.05) is 0 Å². The summed E-state index contributed by atoms with van der Waals surface area (Å²) >= 11 is 0. The van der Waals surface area contributed by atoms with Gasteiger partial charge in [0, 0.05) is 13.3 Å². The number of hydrogen-bond donors (Lipinski definition) is 1. The largest absolute Gasteiger partial charge is 0.464 e. The number of hydrogen-bond acceptors (Lipinski definition) is 6. The fourth-order valence-corrected chi connectivity index (χ4v) is 2.02. The van der Waals surface area contributed by atoms with Crippen molar-refractivity contribution < 1.29 is 29.0 Å². The molecule has 1 fully saturated rings. The average molecular weight is 258 g/mol. The molecule has 6 heteroatoms. The number of rotatable bonds is 3. The molecule has 0 amide bonds. The van der Waals surface area contributed by atoms with Crippen LogP contribution in [-0.2, 0) is 23.9 Å². The van der Waals surface area contributed by atoms with Gasteiger partial charge in [-0.3, -0.25) is 9.59 Å². The number of ketones is 1. The standard InChI is InChI=1S/C12H18O6/c1-3-17-11(15)12(16)7-5-4-6-9(14)10(12)18-8(2)13/h10,16H,3-7H2,1-2H3/t10-,12+/m1/s1. The Bertz CT molecular complexity index is 350. The molecule has 0 aliphatic heterocycles. The molecule has 0 bridgehead atoms. The molecular formula is C12H18O6. The van der Waals surface area contributed by atoms with Crippen LogP contribution in [0.15, 0.2) is 0 Å². The summed E-state index contributed by atoms with van der Waals surface area (Å²) in [6.07, 6.45) is -0.177. The van der Waals surface area contributed by atoms with E-state index in [2.05, 4.69) is 0 Å². The van der Waals surface area contributed by atoms with Crippen LogP contribution in [0.1, 0.15) is 39.5 Å². The van der Waals surface area contributed by atoms with E-state index in [0.29, 0.717) is 12.8 Å². The van der Waals surface area contributed by atoms with Gasteiger partial charge in [0.2, 0.25) is 5.60 Å². The summed E-state index contributed by atoms with van der Waals surface area (Å²) < 4.78 is 9.59. The summed E-state index contributed by atoms with van der Waals surface area (Å²) in [6, 6.07) is 0. The quantitative estimate of drug-likeness (QED) is 0.580. The zero-order chi connectivity index (χ0) is 13.8. The molecule has 0 aromatic heterocycles. The van der Waals surface area contributed by atoms with Crippen molar-refractivity contribution in [1.29, 1.82) is 0 Å². The Balaban J connectivity index is 3.02. The van der Waals surface area contributed by atoms with E-state index in [9.17, 15) is 19.5 Å². The van der Waals surface area contributed by atoms with E-state index < -0.39 is 29.4 Å². The minimum absolute atomic E-state index is 0.0511. The number of carbonyl (C=O) groups excluding carboxylic acids is 3. The van der Waals surface area contributed by atoms with Crippen molar-refractivity contribution in [2.45, 2.75) is 51.2 Å². The normalized spacial score (nSPS) is 28.4. The maximum Gasteiger partial charge on any atom is 0.342 e. The second-order valence-corrected chi connectivity index (χ2v) is 4.31. The molecule has 0 aromatic rings. The van der Waals surface area contributed by atoms with Gasteiger partial charge < -0.3 is 14.6 Å². The van der Waals surface area contributed by atoms with Crippen molar-refractivity contribution in [2.75, 3.05) is 6.61 Å². The number of carbonyl (C=O) groups is 3. The fraction of sp³-hybridized carbons (Fsp3) is 0.750. The molecule has 1 N–H and O–H groups in total. The third-order valence-electron chi connectivity index (χ3n) is 2.87. The van der Waals surface area contributed by atoms with Crippen molar-refractivity contribution in [3.8, 4) is 0 Å². The molecule has 1 aliphatic rings. The third kappa shape index (κ3) is 3.07. The van der Waals surface area contributed by atoms with Crippen molar-refractivity contribution in [3.63, 3.8) is 0 Å². The Labute approximate surface area is 105 Å². The first-order chi connectivity index (χ1) is 8.41. The molecule has 0 aromatic carbocycles. The minimum Gasteiger partial charge on any atom is -0.464 e. The summed E-state index contributed by atoms with van der Waals surface area (Å²) in [5.74, 6) is -2.07. The SMILES string of the molecule is CCOC(=O)[C@]1(O)CCCCC(=O)[C@H]1OC(C)=O. The Morgan fingerprint density at radius 2 is 2.11 bits per heavy atom. The molecule has 1 aliphatic carbocycles. The van der Waals surface area contributed by atoms with Gasteiger partial charge in [0.05, 0.1) is 6.61 Å². The molecule has 0 unspecified atom stereocenters. The molecule has 102 valence electrons. The molecule has 0 radical (unpaired) electrons. The van der Waals surface area contributed by atoms with E-state index in [0.717, 1.165) is 6.92 Å². The Kier molecular flexibility index (Phi) is 4.84. The predicted octanol–water partition coefficient (Wildman–Crippen LogP) is 0.355. The summed E-state index contributed by atoms with van der Waals surface area (Å²) in [5.41, 5.74) is -2.06. The maximum atomic E-state index is 11.8. The van der Waals surface area contributed by atoms with Crippen LogP contribution in [0, 0.1) is 0 Å². The van der Waals surface area contributed by atoms with Crippen LogP contribution in [0.25, 0.3) is 0 Å². The van der Waals surface area contributed by atoms with Gasteiger partial charge in [-0.15, -0.1) is 0 Å². The molecular weight excluding hydrogens is 240 g/mol. The van der Waals surface area contributed by atoms with Gasteiger partial charge in [0.1, 0.15) is 0 Å². The molecule has 0 saturated heterocycles. The Hall–Kier alpha value is -1.43. The number of Topliss-reactive ketones (excluding diaryl/α,β-unsaturated/α-hetero) is 1.